The van der Waals surface area contributed by atoms with Gasteiger partial charge in [0.1, 0.15) is 0 Å². The fourth-order valence-electron chi connectivity index (χ4n) is 1.35. The fraction of sp³-hybridized carbons (Fsp3) is 0.500. The molecule has 0 bridgehead atoms. The molecule has 2 aromatic rings. The Morgan fingerprint density at radius 2 is 2.21 bits per heavy atom. The lowest BCUT2D eigenvalue weighted by Crippen LogP contribution is -2.16. The molecule has 0 fully saturated rings. The Kier molecular flexibility index (Phi) is 4.06. The average Bonchev–Trinajstić information content (AvgIpc) is 2.80. The largest absolute Gasteiger partial charge is 0.461 e. The molecule has 0 amide bonds. The molecule has 9 heteroatoms. The van der Waals surface area contributed by atoms with Crippen molar-refractivity contribution in [1.82, 2.24) is 29.9 Å². The summed E-state index contributed by atoms with van der Waals surface area (Å²) in [6, 6.07) is 0.214. The molecule has 19 heavy (non-hydrogen) atoms. The molecule has 2 aromatic heterocycles. The van der Waals surface area contributed by atoms with Crippen LogP contribution in [0.1, 0.15) is 13.8 Å². The average molecular weight is 264 g/mol. The van der Waals surface area contributed by atoms with E-state index in [2.05, 4.69) is 30.6 Å². The van der Waals surface area contributed by atoms with Gasteiger partial charge in [0.15, 0.2) is 0 Å². The zero-order chi connectivity index (χ0) is 13.7. The van der Waals surface area contributed by atoms with Crippen LogP contribution < -0.4 is 15.8 Å². The summed E-state index contributed by atoms with van der Waals surface area (Å²) in [7, 11) is 0. The number of nitrogens with zero attached hydrogens (tertiary/aromatic N) is 6. The number of nitrogens with two attached hydrogens (primary N) is 1. The van der Waals surface area contributed by atoms with Crippen LogP contribution in [-0.2, 0) is 6.54 Å². The van der Waals surface area contributed by atoms with Gasteiger partial charge in [0.2, 0.25) is 11.9 Å². The Balaban J connectivity index is 1.93. The van der Waals surface area contributed by atoms with Gasteiger partial charge in [0.25, 0.3) is 0 Å². The third kappa shape index (κ3) is 4.05. The van der Waals surface area contributed by atoms with Crippen molar-refractivity contribution in [2.45, 2.75) is 26.5 Å². The van der Waals surface area contributed by atoms with E-state index in [-0.39, 0.29) is 18.1 Å². The minimum absolute atomic E-state index is 0.0233. The number of hydrogen-bond acceptors (Lipinski definition) is 8. The van der Waals surface area contributed by atoms with Crippen molar-refractivity contribution in [3.63, 3.8) is 0 Å². The second-order valence-electron chi connectivity index (χ2n) is 4.06. The molecule has 102 valence electrons. The van der Waals surface area contributed by atoms with E-state index >= 15 is 0 Å². The molecule has 3 N–H and O–H groups in total. The molecule has 0 unspecified atom stereocenters. The normalized spacial score (nSPS) is 10.7. The minimum Gasteiger partial charge on any atom is -0.461 e. The molecule has 0 saturated heterocycles. The molecule has 0 aromatic carbocycles. The highest BCUT2D eigenvalue weighted by Crippen LogP contribution is 2.10. The smallest absolute Gasteiger partial charge is 0.323 e. The van der Waals surface area contributed by atoms with Gasteiger partial charge in [-0.1, -0.05) is 5.21 Å². The second kappa shape index (κ2) is 5.94. The Morgan fingerprint density at radius 3 is 2.89 bits per heavy atom. The number of rotatable bonds is 6. The van der Waals surface area contributed by atoms with Crippen LogP contribution in [0.25, 0.3) is 0 Å². The molecule has 9 nitrogen and oxygen atoms in total. The number of nitrogens with one attached hydrogen (secondary N) is 1. The maximum atomic E-state index is 5.59. The summed E-state index contributed by atoms with van der Waals surface area (Å²) >= 11 is 0. The lowest BCUT2D eigenvalue weighted by molar-refractivity contribution is 0.222. The van der Waals surface area contributed by atoms with Crippen molar-refractivity contribution in [1.29, 1.82) is 0 Å². The summed E-state index contributed by atoms with van der Waals surface area (Å²) in [4.78, 5) is 12.0. The lowest BCUT2D eigenvalue weighted by atomic mass is 10.5. The van der Waals surface area contributed by atoms with Gasteiger partial charge >= 0.3 is 6.01 Å². The first-order valence-electron chi connectivity index (χ1n) is 5.89. The van der Waals surface area contributed by atoms with Crippen LogP contribution in [0.15, 0.2) is 12.4 Å². The fourth-order valence-corrected chi connectivity index (χ4v) is 1.35. The Labute approximate surface area is 110 Å². The molecule has 0 aliphatic rings. The summed E-state index contributed by atoms with van der Waals surface area (Å²) in [6.07, 6.45) is 3.37. The molecule has 2 rings (SSSR count). The van der Waals surface area contributed by atoms with Crippen molar-refractivity contribution >= 4 is 11.9 Å². The standard InChI is InChI=1S/C10H16N8O/c1-7(2)19-10-15-8(11)14-9(16-10)12-3-5-18-6-4-13-17-18/h4,6-7H,3,5H2,1-2H3,(H3,11,12,14,15,16). The molecule has 0 atom stereocenters. The van der Waals surface area contributed by atoms with Crippen LogP contribution in [0.3, 0.4) is 0 Å². The van der Waals surface area contributed by atoms with Gasteiger partial charge in [-0.25, -0.2) is 0 Å². The van der Waals surface area contributed by atoms with Gasteiger partial charge in [-0.05, 0) is 13.8 Å². The summed E-state index contributed by atoms with van der Waals surface area (Å²) < 4.78 is 7.08. The van der Waals surface area contributed by atoms with Crippen LogP contribution >= 0.6 is 0 Å². The maximum absolute atomic E-state index is 5.59. The third-order valence-corrected chi connectivity index (χ3v) is 2.07. The summed E-state index contributed by atoms with van der Waals surface area (Å²) in [5.74, 6) is 0.497. The van der Waals surface area contributed by atoms with Crippen molar-refractivity contribution in [3.8, 4) is 6.01 Å². The highest BCUT2D eigenvalue weighted by Gasteiger charge is 2.06. The van der Waals surface area contributed by atoms with Gasteiger partial charge < -0.3 is 15.8 Å². The van der Waals surface area contributed by atoms with Crippen LogP contribution in [0, 0.1) is 0 Å². The van der Waals surface area contributed by atoms with Crippen molar-refractivity contribution in [2.75, 3.05) is 17.6 Å². The molecule has 0 saturated carbocycles. The van der Waals surface area contributed by atoms with Gasteiger partial charge in [-0.15, -0.1) is 5.10 Å². The Morgan fingerprint density at radius 1 is 1.37 bits per heavy atom. The van der Waals surface area contributed by atoms with Crippen LogP contribution in [0.4, 0.5) is 11.9 Å². The number of ether oxygens (including phenoxy) is 1. The lowest BCUT2D eigenvalue weighted by Gasteiger charge is -2.10. The van der Waals surface area contributed by atoms with E-state index in [1.54, 1.807) is 17.1 Å². The maximum Gasteiger partial charge on any atom is 0.323 e. The van der Waals surface area contributed by atoms with Crippen molar-refractivity contribution < 1.29 is 4.74 Å². The van der Waals surface area contributed by atoms with Gasteiger partial charge in [0, 0.05) is 12.7 Å². The molecular formula is C10H16N8O. The van der Waals surface area contributed by atoms with E-state index in [1.807, 2.05) is 13.8 Å². The first-order chi connectivity index (χ1) is 9.13. The van der Waals surface area contributed by atoms with E-state index in [9.17, 15) is 0 Å². The zero-order valence-corrected chi connectivity index (χ0v) is 10.8. The molecule has 0 spiro atoms. The van der Waals surface area contributed by atoms with Gasteiger partial charge in [-0.3, -0.25) is 4.68 Å². The van der Waals surface area contributed by atoms with Crippen molar-refractivity contribution in [3.05, 3.63) is 12.4 Å². The predicted octanol–water partition coefficient (Wildman–Crippen LogP) is -0.0554. The molecule has 0 aliphatic carbocycles. The number of anilines is 2. The van der Waals surface area contributed by atoms with E-state index in [0.717, 1.165) is 0 Å². The number of aromatic nitrogens is 6. The first-order valence-corrected chi connectivity index (χ1v) is 5.89. The number of hydrogen-bond donors (Lipinski definition) is 2. The summed E-state index contributed by atoms with van der Waals surface area (Å²) in [5.41, 5.74) is 5.59. The molecular weight excluding hydrogens is 248 g/mol. The predicted molar refractivity (Wildman–Crippen MR) is 68.5 cm³/mol. The topological polar surface area (TPSA) is 117 Å². The monoisotopic (exact) mass is 264 g/mol. The minimum atomic E-state index is -0.0233. The van der Waals surface area contributed by atoms with Gasteiger partial charge in [0.05, 0.1) is 18.8 Å². The van der Waals surface area contributed by atoms with E-state index in [4.69, 9.17) is 10.5 Å². The number of nitrogen functional groups attached to an aromatic ring is 1. The quantitative estimate of drug-likeness (QED) is 0.745. The van der Waals surface area contributed by atoms with Crippen molar-refractivity contribution in [2.24, 2.45) is 0 Å². The zero-order valence-electron chi connectivity index (χ0n) is 10.8. The Bertz CT molecular complexity index is 512. The first kappa shape index (κ1) is 13.0. The van der Waals surface area contributed by atoms with E-state index < -0.39 is 0 Å². The summed E-state index contributed by atoms with van der Waals surface area (Å²) in [6.45, 7) is 5.01. The molecule has 2 heterocycles. The van der Waals surface area contributed by atoms with E-state index in [1.165, 1.54) is 0 Å². The van der Waals surface area contributed by atoms with Crippen LogP contribution in [-0.4, -0.2) is 42.6 Å². The highest BCUT2D eigenvalue weighted by atomic mass is 16.5. The summed E-state index contributed by atoms with van der Waals surface area (Å²) in [5, 5.41) is 10.6. The van der Waals surface area contributed by atoms with Gasteiger partial charge in [-0.2, -0.15) is 15.0 Å². The molecule has 0 radical (unpaired) electrons. The molecule has 0 aliphatic heterocycles. The van der Waals surface area contributed by atoms with Crippen LogP contribution in [0.2, 0.25) is 0 Å². The third-order valence-electron chi connectivity index (χ3n) is 2.07. The Hall–Kier alpha value is -2.45. The van der Waals surface area contributed by atoms with E-state index in [0.29, 0.717) is 19.0 Å². The highest BCUT2D eigenvalue weighted by molar-refractivity contribution is 5.32. The SMILES string of the molecule is CC(C)Oc1nc(N)nc(NCCn2ccnn2)n1. The van der Waals surface area contributed by atoms with Crippen LogP contribution in [0.5, 0.6) is 6.01 Å². The second-order valence-corrected chi connectivity index (χ2v) is 4.06.